The van der Waals surface area contributed by atoms with Gasteiger partial charge in [-0.05, 0) is 37.6 Å². The van der Waals surface area contributed by atoms with E-state index in [1.54, 1.807) is 49.4 Å². The molecule has 7 nitrogen and oxygen atoms in total. The highest BCUT2D eigenvalue weighted by molar-refractivity contribution is 6.35. The lowest BCUT2D eigenvalue weighted by atomic mass is 10.1. The Morgan fingerprint density at radius 2 is 1.83 bits per heavy atom. The van der Waals surface area contributed by atoms with Crippen LogP contribution < -0.4 is 10.9 Å². The van der Waals surface area contributed by atoms with Crippen LogP contribution in [0.1, 0.15) is 31.1 Å². The smallest absolute Gasteiger partial charge is 0.312 e. The van der Waals surface area contributed by atoms with Crippen LogP contribution in [0.5, 0.6) is 0 Å². The van der Waals surface area contributed by atoms with Crippen LogP contribution in [0.15, 0.2) is 47.3 Å². The number of aromatic nitrogens is 2. The molecule has 0 saturated carbocycles. The summed E-state index contributed by atoms with van der Waals surface area (Å²) in [5.74, 6) is -1.11. The number of hydrogen-bond donors (Lipinski definition) is 2. The van der Waals surface area contributed by atoms with Gasteiger partial charge in [-0.25, -0.2) is 5.10 Å². The van der Waals surface area contributed by atoms with Gasteiger partial charge in [-0.2, -0.15) is 5.10 Å². The number of H-pyrrole nitrogens is 1. The SMILES string of the molecule is C[C@H](OC(=O)Cc1n[nH]c(=O)c2ccccc12)C(=O)N[C@H](C)c1ccc(Cl)cc1Cl. The second kappa shape index (κ2) is 9.28. The summed E-state index contributed by atoms with van der Waals surface area (Å²) in [6.45, 7) is 3.24. The monoisotopic (exact) mass is 447 g/mol. The van der Waals surface area contributed by atoms with Gasteiger partial charge < -0.3 is 10.1 Å². The molecule has 0 radical (unpaired) electrons. The molecular weight excluding hydrogens is 429 g/mol. The zero-order valence-corrected chi connectivity index (χ0v) is 17.8. The minimum atomic E-state index is -1.03. The van der Waals surface area contributed by atoms with Crippen molar-refractivity contribution in [3.05, 3.63) is 74.1 Å². The van der Waals surface area contributed by atoms with Gasteiger partial charge in [0.2, 0.25) is 0 Å². The molecule has 0 aliphatic rings. The fourth-order valence-corrected chi connectivity index (χ4v) is 3.57. The maximum Gasteiger partial charge on any atom is 0.312 e. The lowest BCUT2D eigenvalue weighted by Crippen LogP contribution is -2.37. The van der Waals surface area contributed by atoms with Crippen LogP contribution >= 0.6 is 23.2 Å². The highest BCUT2D eigenvalue weighted by Gasteiger charge is 2.22. The topological polar surface area (TPSA) is 101 Å². The third kappa shape index (κ3) is 4.98. The van der Waals surface area contributed by atoms with Gasteiger partial charge in [-0.15, -0.1) is 0 Å². The molecule has 0 aliphatic heterocycles. The molecule has 3 aromatic rings. The Bertz CT molecular complexity index is 1160. The number of amides is 1. The molecular formula is C21H19Cl2N3O4. The van der Waals surface area contributed by atoms with E-state index in [4.69, 9.17) is 27.9 Å². The van der Waals surface area contributed by atoms with Crippen LogP contribution in [0.4, 0.5) is 0 Å². The summed E-state index contributed by atoms with van der Waals surface area (Å²) < 4.78 is 5.24. The minimum Gasteiger partial charge on any atom is -0.452 e. The van der Waals surface area contributed by atoms with Crippen molar-refractivity contribution in [1.82, 2.24) is 15.5 Å². The number of carbonyl (C=O) groups excluding carboxylic acids is 2. The first-order chi connectivity index (χ1) is 14.3. The van der Waals surface area contributed by atoms with E-state index >= 15 is 0 Å². The number of halogens is 2. The van der Waals surface area contributed by atoms with Crippen LogP contribution in [0.2, 0.25) is 10.0 Å². The van der Waals surface area contributed by atoms with Crippen molar-refractivity contribution in [1.29, 1.82) is 0 Å². The predicted molar refractivity (Wildman–Crippen MR) is 115 cm³/mol. The second-order valence-electron chi connectivity index (χ2n) is 6.75. The lowest BCUT2D eigenvalue weighted by molar-refractivity contribution is -0.154. The summed E-state index contributed by atoms with van der Waals surface area (Å²) >= 11 is 12.1. The van der Waals surface area contributed by atoms with Gasteiger partial charge in [-0.1, -0.05) is 47.5 Å². The van der Waals surface area contributed by atoms with Crippen LogP contribution in [-0.4, -0.2) is 28.2 Å². The highest BCUT2D eigenvalue weighted by atomic mass is 35.5. The summed E-state index contributed by atoms with van der Waals surface area (Å²) in [5.41, 5.74) is 0.714. The minimum absolute atomic E-state index is 0.187. The molecule has 1 heterocycles. The number of esters is 1. The molecule has 1 amide bonds. The van der Waals surface area contributed by atoms with E-state index < -0.39 is 24.0 Å². The number of hydrogen-bond acceptors (Lipinski definition) is 5. The van der Waals surface area contributed by atoms with E-state index in [0.29, 0.717) is 32.1 Å². The molecule has 1 aromatic heterocycles. The molecule has 2 aromatic carbocycles. The van der Waals surface area contributed by atoms with Crippen molar-refractivity contribution in [2.75, 3.05) is 0 Å². The molecule has 0 bridgehead atoms. The summed E-state index contributed by atoms with van der Waals surface area (Å²) in [4.78, 5) is 36.6. The van der Waals surface area contributed by atoms with Crippen molar-refractivity contribution >= 4 is 45.9 Å². The third-order valence-corrected chi connectivity index (χ3v) is 5.11. The van der Waals surface area contributed by atoms with Crippen molar-refractivity contribution in [3.8, 4) is 0 Å². The maximum atomic E-state index is 12.4. The van der Waals surface area contributed by atoms with E-state index in [0.717, 1.165) is 0 Å². The van der Waals surface area contributed by atoms with Crippen molar-refractivity contribution < 1.29 is 14.3 Å². The maximum absolute atomic E-state index is 12.4. The van der Waals surface area contributed by atoms with Gasteiger partial charge in [-0.3, -0.25) is 14.4 Å². The molecule has 0 saturated heterocycles. The Morgan fingerprint density at radius 1 is 1.13 bits per heavy atom. The van der Waals surface area contributed by atoms with Gasteiger partial charge in [0.25, 0.3) is 11.5 Å². The first-order valence-electron chi connectivity index (χ1n) is 9.17. The molecule has 156 valence electrons. The standard InChI is InChI=1S/C21H19Cl2N3O4/c1-11(14-8-7-13(22)9-17(14)23)24-20(28)12(2)30-19(27)10-18-15-5-3-4-6-16(15)21(29)26-25-18/h3-9,11-12H,10H2,1-2H3,(H,24,28)(H,26,29)/t11-,12+/m1/s1. The van der Waals surface area contributed by atoms with Gasteiger partial charge in [0, 0.05) is 15.4 Å². The van der Waals surface area contributed by atoms with Crippen LogP contribution in [0, 0.1) is 0 Å². The van der Waals surface area contributed by atoms with Crippen LogP contribution in [-0.2, 0) is 20.7 Å². The van der Waals surface area contributed by atoms with Crippen molar-refractivity contribution in [2.24, 2.45) is 0 Å². The predicted octanol–water partition coefficient (Wildman–Crippen LogP) is 3.58. The Hall–Kier alpha value is -2.90. The Balaban J connectivity index is 1.63. The fourth-order valence-electron chi connectivity index (χ4n) is 3.00. The van der Waals surface area contributed by atoms with E-state index in [2.05, 4.69) is 15.5 Å². The Kier molecular flexibility index (Phi) is 6.74. The lowest BCUT2D eigenvalue weighted by Gasteiger charge is -2.19. The first-order valence-corrected chi connectivity index (χ1v) is 9.93. The van der Waals surface area contributed by atoms with E-state index in [1.165, 1.54) is 6.92 Å². The molecule has 30 heavy (non-hydrogen) atoms. The third-order valence-electron chi connectivity index (χ3n) is 4.55. The number of rotatable bonds is 6. The number of nitrogens with zero attached hydrogens (tertiary/aromatic N) is 1. The molecule has 0 fully saturated rings. The number of fused-ring (bicyclic) bond motifs is 1. The summed E-state index contributed by atoms with van der Waals surface area (Å²) in [5, 5.41) is 11.0. The fraction of sp³-hybridized carbons (Fsp3) is 0.238. The highest BCUT2D eigenvalue weighted by Crippen LogP contribution is 2.26. The van der Waals surface area contributed by atoms with Crippen molar-refractivity contribution in [2.45, 2.75) is 32.4 Å². The molecule has 2 atom stereocenters. The van der Waals surface area contributed by atoms with E-state index in [1.807, 2.05) is 0 Å². The molecule has 0 unspecified atom stereocenters. The van der Waals surface area contributed by atoms with E-state index in [-0.39, 0.29) is 12.0 Å². The Labute approximate surface area is 182 Å². The molecule has 3 rings (SSSR count). The van der Waals surface area contributed by atoms with Gasteiger partial charge in [0.15, 0.2) is 6.10 Å². The summed E-state index contributed by atoms with van der Waals surface area (Å²) in [6, 6.07) is 11.4. The summed E-state index contributed by atoms with van der Waals surface area (Å²) in [6.07, 6.45) is -1.21. The van der Waals surface area contributed by atoms with Gasteiger partial charge >= 0.3 is 5.97 Å². The average Bonchev–Trinajstić information content (AvgIpc) is 2.70. The van der Waals surface area contributed by atoms with E-state index in [9.17, 15) is 14.4 Å². The number of nitrogens with one attached hydrogen (secondary N) is 2. The van der Waals surface area contributed by atoms with Gasteiger partial charge in [0.05, 0.1) is 23.5 Å². The molecule has 0 aliphatic carbocycles. The van der Waals surface area contributed by atoms with Gasteiger partial charge in [0.1, 0.15) is 0 Å². The quantitative estimate of drug-likeness (QED) is 0.562. The zero-order chi connectivity index (χ0) is 21.8. The molecule has 0 spiro atoms. The number of benzene rings is 2. The first kappa shape index (κ1) is 21.8. The molecule has 2 N–H and O–H groups in total. The second-order valence-corrected chi connectivity index (χ2v) is 7.59. The van der Waals surface area contributed by atoms with Crippen LogP contribution in [0.3, 0.4) is 0 Å². The summed E-state index contributed by atoms with van der Waals surface area (Å²) in [7, 11) is 0. The zero-order valence-electron chi connectivity index (χ0n) is 16.2. The largest absolute Gasteiger partial charge is 0.452 e. The number of aromatic amines is 1. The molecule has 9 heteroatoms. The number of carbonyl (C=O) groups is 2. The number of ether oxygens (including phenoxy) is 1. The van der Waals surface area contributed by atoms with Crippen LogP contribution in [0.25, 0.3) is 10.8 Å². The average molecular weight is 448 g/mol. The Morgan fingerprint density at radius 3 is 2.53 bits per heavy atom. The normalized spacial score (nSPS) is 12.9. The van der Waals surface area contributed by atoms with Crippen molar-refractivity contribution in [3.63, 3.8) is 0 Å².